The second-order valence-electron chi connectivity index (χ2n) is 4.87. The molecule has 1 aromatic rings. The number of hydrogen-bond donors (Lipinski definition) is 0. The minimum Gasteiger partial charge on any atom is -0.494 e. The Labute approximate surface area is 117 Å². The number of hydrogen-bond acceptors (Lipinski definition) is 2. The third-order valence-electron chi connectivity index (χ3n) is 3.26. The Balaban J connectivity index is 2.61. The first-order valence-electron chi connectivity index (χ1n) is 7.47. The molecule has 1 rings (SSSR count). The van der Waals surface area contributed by atoms with E-state index in [2.05, 4.69) is 32.0 Å². The van der Waals surface area contributed by atoms with Gasteiger partial charge in [-0.05, 0) is 49.8 Å². The molecule has 0 spiro atoms. The summed E-state index contributed by atoms with van der Waals surface area (Å²) in [7, 11) is 0. The molecule has 0 saturated carbocycles. The van der Waals surface area contributed by atoms with E-state index in [0.29, 0.717) is 25.2 Å². The Morgan fingerprint density at radius 3 is 2.58 bits per heavy atom. The predicted octanol–water partition coefficient (Wildman–Crippen LogP) is 4.34. The fraction of sp³-hybridized carbons (Fsp3) is 0.588. The maximum atomic E-state index is 11.5. The van der Waals surface area contributed by atoms with Crippen LogP contribution in [0.5, 0.6) is 5.75 Å². The number of carbonyl (C=O) groups excluding carboxylic acids is 1. The average molecular weight is 262 g/mol. The van der Waals surface area contributed by atoms with Crippen LogP contribution in [0.15, 0.2) is 18.2 Å². The lowest BCUT2D eigenvalue weighted by Crippen LogP contribution is -2.01. The molecule has 2 heteroatoms. The molecule has 0 aliphatic heterocycles. The number of rotatable bonds is 9. The standard InChI is InChI=1S/C17H26O2/c1-4-8-16(18)10-7-9-15-13-14(5-2)11-12-17(15)19-6-3/h11-13H,4-10H2,1-3H3. The summed E-state index contributed by atoms with van der Waals surface area (Å²) in [5.74, 6) is 1.36. The molecular weight excluding hydrogens is 236 g/mol. The SMILES string of the molecule is CCCC(=O)CCCc1cc(CC)ccc1OCC. The van der Waals surface area contributed by atoms with Gasteiger partial charge in [0, 0.05) is 12.8 Å². The number of carbonyl (C=O) groups is 1. The summed E-state index contributed by atoms with van der Waals surface area (Å²) in [5, 5.41) is 0. The van der Waals surface area contributed by atoms with Crippen LogP contribution in [-0.4, -0.2) is 12.4 Å². The van der Waals surface area contributed by atoms with Crippen LogP contribution < -0.4 is 4.74 Å². The van der Waals surface area contributed by atoms with Crippen LogP contribution in [0.25, 0.3) is 0 Å². The lowest BCUT2D eigenvalue weighted by Gasteiger charge is -2.11. The van der Waals surface area contributed by atoms with Crippen LogP contribution in [0.3, 0.4) is 0 Å². The summed E-state index contributed by atoms with van der Waals surface area (Å²) in [4.78, 5) is 11.5. The van der Waals surface area contributed by atoms with E-state index < -0.39 is 0 Å². The molecule has 1 aromatic carbocycles. The largest absolute Gasteiger partial charge is 0.494 e. The number of benzene rings is 1. The summed E-state index contributed by atoms with van der Waals surface area (Å²) in [6.07, 6.45) is 5.25. The summed E-state index contributed by atoms with van der Waals surface area (Å²) in [6, 6.07) is 6.40. The zero-order valence-corrected chi connectivity index (χ0v) is 12.5. The second kappa shape index (κ2) is 8.73. The van der Waals surface area contributed by atoms with Gasteiger partial charge in [0.05, 0.1) is 6.61 Å². The fourth-order valence-electron chi connectivity index (χ4n) is 2.22. The number of Topliss-reactive ketones (excluding diaryl/α,β-unsaturated/α-hetero) is 1. The third-order valence-corrected chi connectivity index (χ3v) is 3.26. The highest BCUT2D eigenvalue weighted by molar-refractivity contribution is 5.78. The van der Waals surface area contributed by atoms with Crippen molar-refractivity contribution in [2.24, 2.45) is 0 Å². The maximum Gasteiger partial charge on any atom is 0.132 e. The first kappa shape index (κ1) is 15.7. The Morgan fingerprint density at radius 1 is 1.16 bits per heavy atom. The highest BCUT2D eigenvalue weighted by Crippen LogP contribution is 2.23. The van der Waals surface area contributed by atoms with E-state index in [-0.39, 0.29) is 0 Å². The van der Waals surface area contributed by atoms with E-state index in [0.717, 1.165) is 31.4 Å². The Hall–Kier alpha value is -1.31. The Bertz CT molecular complexity index is 396. The summed E-state index contributed by atoms with van der Waals surface area (Å²) >= 11 is 0. The van der Waals surface area contributed by atoms with Gasteiger partial charge in [0.25, 0.3) is 0 Å². The molecule has 19 heavy (non-hydrogen) atoms. The smallest absolute Gasteiger partial charge is 0.132 e. The number of ketones is 1. The van der Waals surface area contributed by atoms with Crippen molar-refractivity contribution in [3.63, 3.8) is 0 Å². The number of ether oxygens (including phenoxy) is 1. The monoisotopic (exact) mass is 262 g/mol. The van der Waals surface area contributed by atoms with Crippen LogP contribution in [0.4, 0.5) is 0 Å². The van der Waals surface area contributed by atoms with E-state index in [9.17, 15) is 4.79 Å². The highest BCUT2D eigenvalue weighted by Gasteiger charge is 2.06. The van der Waals surface area contributed by atoms with Gasteiger partial charge in [0.1, 0.15) is 11.5 Å². The van der Waals surface area contributed by atoms with Gasteiger partial charge in [-0.2, -0.15) is 0 Å². The Morgan fingerprint density at radius 2 is 1.95 bits per heavy atom. The third kappa shape index (κ3) is 5.46. The van der Waals surface area contributed by atoms with Gasteiger partial charge in [0.2, 0.25) is 0 Å². The van der Waals surface area contributed by atoms with Gasteiger partial charge in [-0.1, -0.05) is 26.0 Å². The van der Waals surface area contributed by atoms with Gasteiger partial charge < -0.3 is 4.74 Å². The van der Waals surface area contributed by atoms with Gasteiger partial charge in [-0.15, -0.1) is 0 Å². The average Bonchev–Trinajstić information content (AvgIpc) is 2.41. The van der Waals surface area contributed by atoms with Crippen molar-refractivity contribution < 1.29 is 9.53 Å². The molecule has 106 valence electrons. The van der Waals surface area contributed by atoms with Crippen LogP contribution in [-0.2, 0) is 17.6 Å². The van der Waals surface area contributed by atoms with E-state index >= 15 is 0 Å². The first-order chi connectivity index (χ1) is 9.21. The van der Waals surface area contributed by atoms with Crippen molar-refractivity contribution in [3.8, 4) is 5.75 Å². The minimum absolute atomic E-state index is 0.382. The highest BCUT2D eigenvalue weighted by atomic mass is 16.5. The molecule has 0 N–H and O–H groups in total. The molecule has 0 aliphatic rings. The van der Waals surface area contributed by atoms with Crippen molar-refractivity contribution in [2.75, 3.05) is 6.61 Å². The fourth-order valence-corrected chi connectivity index (χ4v) is 2.22. The summed E-state index contributed by atoms with van der Waals surface area (Å²) in [5.41, 5.74) is 2.57. The molecule has 0 atom stereocenters. The molecule has 0 aromatic heterocycles. The van der Waals surface area contributed by atoms with Crippen molar-refractivity contribution in [2.45, 2.75) is 59.3 Å². The molecule has 0 bridgehead atoms. The lowest BCUT2D eigenvalue weighted by atomic mass is 10.0. The first-order valence-corrected chi connectivity index (χ1v) is 7.47. The van der Waals surface area contributed by atoms with E-state index in [1.165, 1.54) is 11.1 Å². The number of aryl methyl sites for hydroxylation is 2. The van der Waals surface area contributed by atoms with E-state index in [1.807, 2.05) is 6.92 Å². The molecular formula is C17H26O2. The zero-order valence-electron chi connectivity index (χ0n) is 12.5. The van der Waals surface area contributed by atoms with Gasteiger partial charge in [-0.25, -0.2) is 0 Å². The van der Waals surface area contributed by atoms with Gasteiger partial charge in [-0.3, -0.25) is 4.79 Å². The van der Waals surface area contributed by atoms with Crippen molar-refractivity contribution >= 4 is 5.78 Å². The molecule has 0 aliphatic carbocycles. The molecule has 0 heterocycles. The maximum absolute atomic E-state index is 11.5. The predicted molar refractivity (Wildman–Crippen MR) is 79.8 cm³/mol. The summed E-state index contributed by atoms with van der Waals surface area (Å²) in [6.45, 7) is 6.90. The van der Waals surface area contributed by atoms with Gasteiger partial charge in [0.15, 0.2) is 0 Å². The van der Waals surface area contributed by atoms with E-state index in [4.69, 9.17) is 4.74 Å². The molecule has 0 fully saturated rings. The molecule has 2 nitrogen and oxygen atoms in total. The molecule has 0 amide bonds. The quantitative estimate of drug-likeness (QED) is 0.661. The Kier molecular flexibility index (Phi) is 7.24. The van der Waals surface area contributed by atoms with Crippen molar-refractivity contribution in [1.29, 1.82) is 0 Å². The molecule has 0 saturated heterocycles. The van der Waals surface area contributed by atoms with Crippen molar-refractivity contribution in [3.05, 3.63) is 29.3 Å². The van der Waals surface area contributed by atoms with Crippen LogP contribution in [0, 0.1) is 0 Å². The zero-order chi connectivity index (χ0) is 14.1. The topological polar surface area (TPSA) is 26.3 Å². The second-order valence-corrected chi connectivity index (χ2v) is 4.87. The molecule has 0 unspecified atom stereocenters. The van der Waals surface area contributed by atoms with Crippen LogP contribution in [0.1, 0.15) is 57.6 Å². The molecule has 0 radical (unpaired) electrons. The summed E-state index contributed by atoms with van der Waals surface area (Å²) < 4.78 is 5.66. The normalized spacial score (nSPS) is 10.5. The van der Waals surface area contributed by atoms with E-state index in [1.54, 1.807) is 0 Å². The van der Waals surface area contributed by atoms with Crippen LogP contribution >= 0.6 is 0 Å². The lowest BCUT2D eigenvalue weighted by molar-refractivity contribution is -0.119. The van der Waals surface area contributed by atoms with Gasteiger partial charge >= 0.3 is 0 Å². The minimum atomic E-state index is 0.382. The van der Waals surface area contributed by atoms with Crippen molar-refractivity contribution in [1.82, 2.24) is 0 Å². The van der Waals surface area contributed by atoms with Crippen LogP contribution in [0.2, 0.25) is 0 Å².